The molecule has 0 atom stereocenters. The van der Waals surface area contributed by atoms with Gasteiger partial charge in [-0.3, -0.25) is 9.59 Å². The van der Waals surface area contributed by atoms with Gasteiger partial charge in [0.15, 0.2) is 0 Å². The summed E-state index contributed by atoms with van der Waals surface area (Å²) in [7, 11) is 2.63. The van der Waals surface area contributed by atoms with Crippen LogP contribution in [-0.4, -0.2) is 49.2 Å². The number of amides is 2. The Bertz CT molecular complexity index is 590. The van der Waals surface area contributed by atoms with Gasteiger partial charge in [0, 0.05) is 5.56 Å². The Hall–Kier alpha value is -2.57. The van der Waals surface area contributed by atoms with Crippen LogP contribution in [0, 0.1) is 0 Å². The molecule has 1 rings (SSSR count). The molecule has 2 amide bonds. The molecule has 0 fully saturated rings. The normalized spacial score (nSPS) is 10.7. The molecule has 0 aliphatic carbocycles. The van der Waals surface area contributed by atoms with Gasteiger partial charge in [-0.25, -0.2) is 9.69 Å². The van der Waals surface area contributed by atoms with E-state index in [0.717, 1.165) is 0 Å². The smallest absolute Gasteiger partial charge is 0.417 e. The lowest BCUT2D eigenvalue weighted by molar-refractivity contribution is -0.141. The second-order valence-corrected chi connectivity index (χ2v) is 5.68. The van der Waals surface area contributed by atoms with Gasteiger partial charge in [-0.2, -0.15) is 0 Å². The lowest BCUT2D eigenvalue weighted by Crippen LogP contribution is -2.43. The van der Waals surface area contributed by atoms with E-state index in [4.69, 9.17) is 9.47 Å². The number of methoxy groups -OCH3 is 2. The molecule has 0 aromatic heterocycles. The van der Waals surface area contributed by atoms with Crippen molar-refractivity contribution in [1.29, 1.82) is 0 Å². The van der Waals surface area contributed by atoms with Crippen LogP contribution < -0.4 is 4.74 Å². The average molecular weight is 323 g/mol. The lowest BCUT2D eigenvalue weighted by atomic mass is 10.2. The highest BCUT2D eigenvalue weighted by Crippen LogP contribution is 2.17. The van der Waals surface area contributed by atoms with Crippen molar-refractivity contribution < 1.29 is 28.6 Å². The van der Waals surface area contributed by atoms with Crippen LogP contribution in [-0.2, 0) is 14.3 Å². The number of imide groups is 1. The molecule has 0 unspecified atom stereocenters. The fourth-order valence-electron chi connectivity index (χ4n) is 1.64. The third kappa shape index (κ3) is 5.61. The maximum absolute atomic E-state index is 12.6. The maximum atomic E-state index is 12.6. The highest BCUT2D eigenvalue weighted by molar-refractivity contribution is 6.05. The van der Waals surface area contributed by atoms with Gasteiger partial charge in [-0.05, 0) is 39.0 Å². The molecule has 7 heteroatoms. The number of ether oxygens (including phenoxy) is 3. The summed E-state index contributed by atoms with van der Waals surface area (Å²) in [6, 6.07) is 6.25. The van der Waals surface area contributed by atoms with Crippen molar-refractivity contribution in [3.63, 3.8) is 0 Å². The van der Waals surface area contributed by atoms with Gasteiger partial charge in [-0.1, -0.05) is 6.07 Å². The van der Waals surface area contributed by atoms with Crippen LogP contribution >= 0.6 is 0 Å². The van der Waals surface area contributed by atoms with Gasteiger partial charge in [0.25, 0.3) is 5.91 Å². The van der Waals surface area contributed by atoms with E-state index in [1.165, 1.54) is 26.4 Å². The highest BCUT2D eigenvalue weighted by Gasteiger charge is 2.30. The van der Waals surface area contributed by atoms with E-state index >= 15 is 0 Å². The highest BCUT2D eigenvalue weighted by atomic mass is 16.6. The van der Waals surface area contributed by atoms with E-state index in [0.29, 0.717) is 10.6 Å². The quantitative estimate of drug-likeness (QED) is 0.790. The number of carbonyl (C=O) groups is 3. The van der Waals surface area contributed by atoms with Gasteiger partial charge < -0.3 is 14.2 Å². The summed E-state index contributed by atoms with van der Waals surface area (Å²) >= 11 is 0. The number of esters is 1. The first-order valence-electron chi connectivity index (χ1n) is 6.93. The first kappa shape index (κ1) is 18.5. The molecule has 0 aliphatic heterocycles. The molecule has 1 aromatic carbocycles. The summed E-state index contributed by atoms with van der Waals surface area (Å²) in [5.41, 5.74) is -0.612. The molecule has 7 nitrogen and oxygen atoms in total. The van der Waals surface area contributed by atoms with Gasteiger partial charge >= 0.3 is 12.1 Å². The van der Waals surface area contributed by atoms with Crippen LogP contribution in [0.5, 0.6) is 5.75 Å². The fourth-order valence-corrected chi connectivity index (χ4v) is 1.64. The van der Waals surface area contributed by atoms with E-state index in [-0.39, 0.29) is 5.56 Å². The van der Waals surface area contributed by atoms with Crippen LogP contribution in [0.15, 0.2) is 24.3 Å². The Morgan fingerprint density at radius 3 is 2.30 bits per heavy atom. The van der Waals surface area contributed by atoms with Crippen LogP contribution in [0.4, 0.5) is 4.79 Å². The van der Waals surface area contributed by atoms with Crippen molar-refractivity contribution in [3.05, 3.63) is 29.8 Å². The van der Waals surface area contributed by atoms with E-state index in [2.05, 4.69) is 4.74 Å². The predicted molar refractivity (Wildman–Crippen MR) is 82.3 cm³/mol. The lowest BCUT2D eigenvalue weighted by Gasteiger charge is -2.25. The first-order chi connectivity index (χ1) is 10.7. The number of rotatable bonds is 4. The molecule has 0 bridgehead atoms. The first-order valence-corrected chi connectivity index (χ1v) is 6.93. The van der Waals surface area contributed by atoms with Gasteiger partial charge in [0.2, 0.25) is 0 Å². The fraction of sp³-hybridized carbons (Fsp3) is 0.438. The Morgan fingerprint density at radius 1 is 1.13 bits per heavy atom. The Labute approximate surface area is 135 Å². The average Bonchev–Trinajstić information content (AvgIpc) is 2.49. The van der Waals surface area contributed by atoms with Crippen molar-refractivity contribution >= 4 is 18.0 Å². The summed E-state index contributed by atoms with van der Waals surface area (Å²) in [6.07, 6.45) is -0.921. The SMILES string of the molecule is COC(=O)CN(C(=O)OC(C)(C)C)C(=O)c1cccc(OC)c1. The molecule has 126 valence electrons. The zero-order valence-electron chi connectivity index (χ0n) is 13.9. The van der Waals surface area contributed by atoms with Gasteiger partial charge in [0.05, 0.1) is 14.2 Å². The monoisotopic (exact) mass is 323 g/mol. The molecule has 0 heterocycles. The largest absolute Gasteiger partial charge is 0.497 e. The van der Waals surface area contributed by atoms with Crippen molar-refractivity contribution in [2.75, 3.05) is 20.8 Å². The topological polar surface area (TPSA) is 82.1 Å². The van der Waals surface area contributed by atoms with E-state index in [1.54, 1.807) is 32.9 Å². The third-order valence-corrected chi connectivity index (χ3v) is 2.69. The Morgan fingerprint density at radius 2 is 1.78 bits per heavy atom. The third-order valence-electron chi connectivity index (χ3n) is 2.69. The Kier molecular flexibility index (Phi) is 6.12. The number of carbonyl (C=O) groups excluding carboxylic acids is 3. The van der Waals surface area contributed by atoms with E-state index in [9.17, 15) is 14.4 Å². The summed E-state index contributed by atoms with van der Waals surface area (Å²) in [5.74, 6) is -0.950. The minimum atomic E-state index is -0.921. The summed E-state index contributed by atoms with van der Waals surface area (Å²) in [4.78, 5) is 37.0. The van der Waals surface area contributed by atoms with E-state index < -0.39 is 30.1 Å². The number of hydrogen-bond donors (Lipinski definition) is 0. The molecule has 0 saturated heterocycles. The number of benzene rings is 1. The summed E-state index contributed by atoms with van der Waals surface area (Å²) in [6.45, 7) is 4.45. The molecule has 0 aliphatic rings. The van der Waals surface area contributed by atoms with Crippen molar-refractivity contribution in [2.24, 2.45) is 0 Å². The van der Waals surface area contributed by atoms with Crippen LogP contribution in [0.25, 0.3) is 0 Å². The molecule has 0 saturated carbocycles. The predicted octanol–water partition coefficient (Wildman–Crippen LogP) is 2.25. The maximum Gasteiger partial charge on any atom is 0.417 e. The van der Waals surface area contributed by atoms with Gasteiger partial charge in [-0.15, -0.1) is 0 Å². The second kappa shape index (κ2) is 7.62. The van der Waals surface area contributed by atoms with Crippen LogP contribution in [0.3, 0.4) is 0 Å². The zero-order chi connectivity index (χ0) is 17.6. The van der Waals surface area contributed by atoms with Crippen molar-refractivity contribution in [1.82, 2.24) is 4.90 Å². The Balaban J connectivity index is 3.09. The van der Waals surface area contributed by atoms with Crippen molar-refractivity contribution in [3.8, 4) is 5.75 Å². The second-order valence-electron chi connectivity index (χ2n) is 5.68. The number of nitrogens with zero attached hydrogens (tertiary/aromatic N) is 1. The van der Waals surface area contributed by atoms with Crippen molar-refractivity contribution in [2.45, 2.75) is 26.4 Å². The molecule has 1 aromatic rings. The van der Waals surface area contributed by atoms with Crippen LogP contribution in [0.1, 0.15) is 31.1 Å². The van der Waals surface area contributed by atoms with Gasteiger partial charge in [0.1, 0.15) is 17.9 Å². The molecular weight excluding hydrogens is 302 g/mol. The molecule has 0 N–H and O–H groups in total. The standard InChI is InChI=1S/C16H21NO6/c1-16(2,3)23-15(20)17(10-13(18)22-5)14(19)11-7-6-8-12(9-11)21-4/h6-9H,10H2,1-5H3. The summed E-state index contributed by atoms with van der Waals surface area (Å²) in [5, 5.41) is 0. The van der Waals surface area contributed by atoms with E-state index in [1.807, 2.05) is 0 Å². The number of hydrogen-bond acceptors (Lipinski definition) is 6. The minimum Gasteiger partial charge on any atom is -0.497 e. The van der Waals surface area contributed by atoms with Crippen LogP contribution in [0.2, 0.25) is 0 Å². The zero-order valence-corrected chi connectivity index (χ0v) is 13.9. The molecule has 23 heavy (non-hydrogen) atoms. The molecule has 0 spiro atoms. The molecular formula is C16H21NO6. The molecule has 0 radical (unpaired) electrons. The summed E-state index contributed by atoms with van der Waals surface area (Å²) < 4.78 is 14.7. The minimum absolute atomic E-state index is 0.194.